The van der Waals surface area contributed by atoms with E-state index < -0.39 is 71.5 Å². The number of ether oxygens (including phenoxy) is 4. The number of amides is 5. The molecule has 5 aromatic carbocycles. The number of benzene rings is 5. The van der Waals surface area contributed by atoms with Crippen LogP contribution in [0.15, 0.2) is 114 Å². The summed E-state index contributed by atoms with van der Waals surface area (Å²) in [5, 5.41) is 16.2. The van der Waals surface area contributed by atoms with Gasteiger partial charge in [-0.1, -0.05) is 59.6 Å². The zero-order chi connectivity index (χ0) is 57.9. The third kappa shape index (κ3) is 15.0. The molecule has 0 radical (unpaired) electrons. The third-order valence-corrected chi connectivity index (χ3v) is 13.4. The van der Waals surface area contributed by atoms with Crippen molar-refractivity contribution >= 4 is 58.9 Å². The lowest BCUT2D eigenvalue weighted by molar-refractivity contribution is -0.143. The Morgan fingerprint density at radius 2 is 1.46 bits per heavy atom. The standard InChI is InChI=1S/C57H55Cl2F6N7O8/c1-34(2)80-47-29-43(77-3)19-20-44(47)53-69-51(36-10-15-41(58)16-11-36)52(37-12-17-42(59)18-13-37)72(53)55(76)71-25-24-70(50(74)32-71)31-49(73)67-22-6-5-7-23-68-54(75)39(30-66)26-35-8-21-46(48(27-35)78-4)79-33-38-9-14-40(56(60,61)62)28-45(38)57(63,64)65/h8-21,26-29,34,51-52H,5-7,22-25,31-33H2,1-4H3,(H,67,73)(H,68,75)/t51-,52+/m1/s1. The zero-order valence-electron chi connectivity index (χ0n) is 43.7. The average Bonchev–Trinajstić information content (AvgIpc) is 3.92. The van der Waals surface area contributed by atoms with Gasteiger partial charge in [0.25, 0.3) is 5.91 Å². The van der Waals surface area contributed by atoms with Crippen LogP contribution in [0.5, 0.6) is 23.0 Å². The van der Waals surface area contributed by atoms with Gasteiger partial charge in [-0.05, 0) is 117 Å². The van der Waals surface area contributed by atoms with Crippen LogP contribution in [-0.2, 0) is 33.3 Å². The maximum atomic E-state index is 15.1. The van der Waals surface area contributed by atoms with Crippen molar-refractivity contribution in [3.8, 4) is 29.1 Å². The van der Waals surface area contributed by atoms with Crippen molar-refractivity contribution in [3.05, 3.63) is 158 Å². The maximum Gasteiger partial charge on any atom is 0.416 e. The minimum absolute atomic E-state index is 0.0136. The first-order chi connectivity index (χ1) is 38.1. The highest BCUT2D eigenvalue weighted by Gasteiger charge is 2.46. The van der Waals surface area contributed by atoms with Gasteiger partial charge in [0.05, 0.1) is 49.6 Å². The van der Waals surface area contributed by atoms with Gasteiger partial charge in [0.15, 0.2) is 11.5 Å². The fourth-order valence-corrected chi connectivity index (χ4v) is 9.15. The molecule has 0 aromatic heterocycles. The number of hydrogen-bond acceptors (Lipinski definition) is 10. The van der Waals surface area contributed by atoms with E-state index in [1.54, 1.807) is 47.4 Å². The summed E-state index contributed by atoms with van der Waals surface area (Å²) < 4.78 is 103. The molecule has 7 rings (SSSR count). The van der Waals surface area contributed by atoms with Crippen molar-refractivity contribution in [3.63, 3.8) is 0 Å². The number of hydrogen-bond donors (Lipinski definition) is 2. The Morgan fingerprint density at radius 3 is 2.08 bits per heavy atom. The Hall–Kier alpha value is -7.96. The van der Waals surface area contributed by atoms with Gasteiger partial charge in [-0.2, -0.15) is 31.6 Å². The van der Waals surface area contributed by atoms with Crippen molar-refractivity contribution in [2.75, 3.05) is 53.5 Å². The number of nitrogens with zero attached hydrogens (tertiary/aromatic N) is 5. The molecular formula is C57H55Cl2F6N7O8. The molecule has 2 aliphatic heterocycles. The first-order valence-electron chi connectivity index (χ1n) is 25.1. The van der Waals surface area contributed by atoms with Crippen molar-refractivity contribution in [2.24, 2.45) is 4.99 Å². The number of rotatable bonds is 20. The number of aliphatic imine (C=N–C) groups is 1. The van der Waals surface area contributed by atoms with Crippen LogP contribution < -0.4 is 29.6 Å². The topological polar surface area (TPSA) is 175 Å². The molecule has 1 saturated heterocycles. The molecule has 80 heavy (non-hydrogen) atoms. The fraction of sp³-hybridized carbons (Fsp3) is 0.333. The number of piperazine rings is 1. The Balaban J connectivity index is 0.906. The lowest BCUT2D eigenvalue weighted by Gasteiger charge is -2.38. The molecule has 0 spiro atoms. The van der Waals surface area contributed by atoms with Gasteiger partial charge in [-0.3, -0.25) is 24.3 Å². The average molecular weight is 1150 g/mol. The molecule has 0 unspecified atom stereocenters. The lowest BCUT2D eigenvalue weighted by Crippen LogP contribution is -2.57. The number of methoxy groups -OCH3 is 2. The first kappa shape index (κ1) is 59.7. The predicted molar refractivity (Wildman–Crippen MR) is 286 cm³/mol. The Labute approximate surface area is 467 Å². The quantitative estimate of drug-likeness (QED) is 0.0332. The van der Waals surface area contributed by atoms with E-state index in [1.165, 1.54) is 48.3 Å². The smallest absolute Gasteiger partial charge is 0.416 e. The highest BCUT2D eigenvalue weighted by molar-refractivity contribution is 6.30. The van der Waals surface area contributed by atoms with Gasteiger partial charge in [0.1, 0.15) is 48.2 Å². The van der Waals surface area contributed by atoms with Crippen molar-refractivity contribution in [2.45, 2.75) is 70.3 Å². The van der Waals surface area contributed by atoms with Crippen LogP contribution >= 0.6 is 23.2 Å². The number of unbranched alkanes of at least 4 members (excludes halogenated alkanes) is 2. The van der Waals surface area contributed by atoms with Gasteiger partial charge >= 0.3 is 18.4 Å². The van der Waals surface area contributed by atoms with E-state index in [1.807, 2.05) is 44.2 Å². The molecule has 0 aliphatic carbocycles. The second kappa shape index (κ2) is 26.3. The number of nitriles is 1. The molecule has 2 heterocycles. The van der Waals surface area contributed by atoms with E-state index in [2.05, 4.69) is 10.6 Å². The highest BCUT2D eigenvalue weighted by atomic mass is 35.5. The SMILES string of the molecule is COc1ccc(C2=N[C@H](c3ccc(Cl)cc3)[C@H](c3ccc(Cl)cc3)N2C(=O)N2CCN(CC(=O)NCCCCCNC(=O)C(C#N)=Cc3ccc(OCc4ccc(C(F)(F)F)cc4C(F)(F)F)c(OC)c3)C(=O)C2)c(OC(C)C)c1. The lowest BCUT2D eigenvalue weighted by atomic mass is 9.93. The largest absolute Gasteiger partial charge is 0.497 e. The monoisotopic (exact) mass is 1150 g/mol. The fourth-order valence-electron chi connectivity index (χ4n) is 8.90. The number of urea groups is 1. The maximum absolute atomic E-state index is 15.1. The number of halogens is 8. The van der Waals surface area contributed by atoms with E-state index in [9.17, 15) is 46.0 Å². The molecule has 2 aliphatic rings. The van der Waals surface area contributed by atoms with E-state index in [0.717, 1.165) is 11.1 Å². The van der Waals surface area contributed by atoms with Crippen LogP contribution in [0, 0.1) is 11.3 Å². The molecule has 0 saturated carbocycles. The van der Waals surface area contributed by atoms with E-state index >= 15 is 4.79 Å². The van der Waals surface area contributed by atoms with E-state index in [4.69, 9.17) is 47.1 Å². The first-order valence-corrected chi connectivity index (χ1v) is 25.9. The predicted octanol–water partition coefficient (Wildman–Crippen LogP) is 11.2. The number of alkyl halides is 6. The summed E-state index contributed by atoms with van der Waals surface area (Å²) in [6.07, 6.45) is -7.50. The van der Waals surface area contributed by atoms with Crippen LogP contribution in [-0.4, -0.2) is 104 Å². The molecular weight excluding hydrogens is 1100 g/mol. The number of nitrogens with one attached hydrogen (secondary N) is 2. The van der Waals surface area contributed by atoms with Gasteiger partial charge in [0.2, 0.25) is 11.8 Å². The van der Waals surface area contributed by atoms with E-state index in [0.29, 0.717) is 69.9 Å². The number of carbonyl (C=O) groups is 4. The second-order valence-corrected chi connectivity index (χ2v) is 19.6. The zero-order valence-corrected chi connectivity index (χ0v) is 45.2. The van der Waals surface area contributed by atoms with Crippen molar-refractivity contribution < 1.29 is 64.5 Å². The molecule has 15 nitrogen and oxygen atoms in total. The highest BCUT2D eigenvalue weighted by Crippen LogP contribution is 2.46. The summed E-state index contributed by atoms with van der Waals surface area (Å²) in [4.78, 5) is 64.4. The Kier molecular flexibility index (Phi) is 19.6. The van der Waals surface area contributed by atoms with Gasteiger partial charge in [-0.25, -0.2) is 4.79 Å². The Morgan fingerprint density at radius 1 is 0.787 bits per heavy atom. The summed E-state index contributed by atoms with van der Waals surface area (Å²) >= 11 is 12.7. The summed E-state index contributed by atoms with van der Waals surface area (Å²) in [6.45, 7) is 3.09. The molecule has 422 valence electrons. The minimum Gasteiger partial charge on any atom is -0.497 e. The van der Waals surface area contributed by atoms with Gasteiger partial charge < -0.3 is 39.4 Å². The molecule has 5 aromatic rings. The van der Waals surface area contributed by atoms with Crippen LogP contribution in [0.1, 0.15) is 84.1 Å². The molecule has 2 atom stereocenters. The van der Waals surface area contributed by atoms with Crippen LogP contribution in [0.2, 0.25) is 10.0 Å². The number of carbonyl (C=O) groups excluding carboxylic acids is 4. The second-order valence-electron chi connectivity index (χ2n) is 18.8. The summed E-state index contributed by atoms with van der Waals surface area (Å²) in [6, 6.07) is 24.9. The van der Waals surface area contributed by atoms with Crippen LogP contribution in [0.3, 0.4) is 0 Å². The number of amidine groups is 1. The molecule has 0 bridgehead atoms. The van der Waals surface area contributed by atoms with Gasteiger partial charge in [0, 0.05) is 47.9 Å². The summed E-state index contributed by atoms with van der Waals surface area (Å²) in [5.74, 6) is -0.284. The minimum atomic E-state index is -5.09. The molecule has 5 amide bonds. The molecule has 23 heteroatoms. The third-order valence-electron chi connectivity index (χ3n) is 12.9. The summed E-state index contributed by atoms with van der Waals surface area (Å²) in [7, 11) is 2.78. The molecule has 2 N–H and O–H groups in total. The van der Waals surface area contributed by atoms with Gasteiger partial charge in [-0.15, -0.1) is 0 Å². The van der Waals surface area contributed by atoms with Crippen molar-refractivity contribution in [1.29, 1.82) is 5.26 Å². The summed E-state index contributed by atoms with van der Waals surface area (Å²) in [5.41, 5.74) is -1.45. The van der Waals surface area contributed by atoms with E-state index in [-0.39, 0.29) is 68.5 Å². The Bertz CT molecular complexity index is 3170. The van der Waals surface area contributed by atoms with Crippen molar-refractivity contribution in [1.82, 2.24) is 25.3 Å². The van der Waals surface area contributed by atoms with Crippen LogP contribution in [0.25, 0.3) is 6.08 Å². The normalized spacial score (nSPS) is 15.8. The molecule has 1 fully saturated rings. The van der Waals surface area contributed by atoms with Crippen LogP contribution in [0.4, 0.5) is 31.1 Å².